The van der Waals surface area contributed by atoms with Crippen LogP contribution >= 0.6 is 11.3 Å². The number of carbonyl (C=O) groups is 1. The van der Waals surface area contributed by atoms with Crippen LogP contribution in [0.5, 0.6) is 0 Å². The van der Waals surface area contributed by atoms with E-state index in [1.54, 1.807) is 0 Å². The number of piperidine rings is 1. The molecule has 1 fully saturated rings. The van der Waals surface area contributed by atoms with Gasteiger partial charge in [0.15, 0.2) is 0 Å². The Hall–Kier alpha value is -2.74. The van der Waals surface area contributed by atoms with Crippen molar-refractivity contribution in [1.82, 2.24) is 19.9 Å². The van der Waals surface area contributed by atoms with Gasteiger partial charge in [0.25, 0.3) is 11.5 Å². The fraction of sp³-hybridized carbons (Fsp3) is 0.400. The molecule has 1 saturated heterocycles. The van der Waals surface area contributed by atoms with Crippen LogP contribution < -0.4 is 15.8 Å². The molecule has 1 aliphatic rings. The van der Waals surface area contributed by atoms with Crippen LogP contribution in [0, 0.1) is 12.8 Å². The molecule has 1 amide bonds. The second-order valence-electron chi connectivity index (χ2n) is 7.42. The van der Waals surface area contributed by atoms with E-state index in [2.05, 4.69) is 27.2 Å². The normalized spacial score (nSPS) is 17.1. The van der Waals surface area contributed by atoms with Crippen molar-refractivity contribution in [3.8, 4) is 0 Å². The number of benzene rings is 1. The van der Waals surface area contributed by atoms with Crippen LogP contribution in [0.1, 0.15) is 41.3 Å². The summed E-state index contributed by atoms with van der Waals surface area (Å²) in [6.07, 6.45) is 3.68. The summed E-state index contributed by atoms with van der Waals surface area (Å²) in [6, 6.07) is 7.88. The summed E-state index contributed by atoms with van der Waals surface area (Å²) in [6.45, 7) is 6.44. The minimum absolute atomic E-state index is 0.00835. The maximum atomic E-state index is 12.8. The van der Waals surface area contributed by atoms with Crippen LogP contribution in [0.4, 0.5) is 5.13 Å². The summed E-state index contributed by atoms with van der Waals surface area (Å²) in [4.78, 5) is 32.3. The largest absolute Gasteiger partial charge is 0.348 e. The highest BCUT2D eigenvalue weighted by Crippen LogP contribution is 2.26. The Morgan fingerprint density at radius 2 is 2.25 bits per heavy atom. The summed E-state index contributed by atoms with van der Waals surface area (Å²) in [7, 11) is 0. The zero-order valence-corrected chi connectivity index (χ0v) is 16.8. The van der Waals surface area contributed by atoms with Crippen LogP contribution in [0.3, 0.4) is 0 Å². The van der Waals surface area contributed by atoms with E-state index in [1.165, 1.54) is 28.5 Å². The number of aryl methyl sites for hydroxylation is 1. The molecule has 3 heterocycles. The van der Waals surface area contributed by atoms with Gasteiger partial charge < -0.3 is 10.2 Å². The molecule has 1 N–H and O–H groups in total. The van der Waals surface area contributed by atoms with Crippen molar-refractivity contribution >= 4 is 27.3 Å². The monoisotopic (exact) mass is 397 g/mol. The Bertz CT molecular complexity index is 1070. The molecule has 2 aromatic heterocycles. The van der Waals surface area contributed by atoms with Gasteiger partial charge in [-0.25, -0.2) is 4.98 Å². The molecular weight excluding hydrogens is 374 g/mol. The summed E-state index contributed by atoms with van der Waals surface area (Å²) >= 11 is 1.39. The molecule has 0 radical (unpaired) electrons. The van der Waals surface area contributed by atoms with Crippen molar-refractivity contribution in [2.45, 2.75) is 33.2 Å². The fourth-order valence-corrected chi connectivity index (χ4v) is 4.42. The first-order valence-electron chi connectivity index (χ1n) is 9.49. The molecule has 1 aromatic carbocycles. The molecule has 1 aliphatic heterocycles. The number of hydrogen-bond donors (Lipinski definition) is 1. The molecule has 146 valence electrons. The second-order valence-corrected chi connectivity index (χ2v) is 8.36. The quantitative estimate of drug-likeness (QED) is 0.732. The highest BCUT2D eigenvalue weighted by Gasteiger charge is 2.22. The highest BCUT2D eigenvalue weighted by molar-refractivity contribution is 7.20. The van der Waals surface area contributed by atoms with Gasteiger partial charge in [0.05, 0.1) is 0 Å². The number of hydrogen-bond acceptors (Lipinski definition) is 6. The summed E-state index contributed by atoms with van der Waals surface area (Å²) in [5, 5.41) is 8.03. The number of nitrogens with one attached hydrogen (secondary N) is 1. The van der Waals surface area contributed by atoms with Gasteiger partial charge in [0, 0.05) is 25.8 Å². The predicted octanol–water partition coefficient (Wildman–Crippen LogP) is 2.63. The van der Waals surface area contributed by atoms with E-state index in [0.717, 1.165) is 35.8 Å². The zero-order chi connectivity index (χ0) is 19.7. The molecular formula is C20H23N5O2S. The van der Waals surface area contributed by atoms with Crippen molar-refractivity contribution in [3.05, 3.63) is 57.5 Å². The predicted molar refractivity (Wildman–Crippen MR) is 110 cm³/mol. The molecule has 7 nitrogen and oxygen atoms in total. The maximum absolute atomic E-state index is 12.8. The zero-order valence-electron chi connectivity index (χ0n) is 16.0. The van der Waals surface area contributed by atoms with E-state index < -0.39 is 11.5 Å². The third-order valence-corrected chi connectivity index (χ3v) is 5.97. The molecule has 0 aliphatic carbocycles. The number of aromatic nitrogens is 3. The van der Waals surface area contributed by atoms with Gasteiger partial charge >= 0.3 is 0 Å². The van der Waals surface area contributed by atoms with Gasteiger partial charge in [-0.1, -0.05) is 48.1 Å². The average Bonchev–Trinajstić information content (AvgIpc) is 3.12. The molecule has 1 atom stereocenters. The van der Waals surface area contributed by atoms with Crippen molar-refractivity contribution in [1.29, 1.82) is 0 Å². The summed E-state index contributed by atoms with van der Waals surface area (Å²) in [5.41, 5.74) is 1.68. The minimum Gasteiger partial charge on any atom is -0.348 e. The standard InChI is InChI=1S/C20H23N5O2S/c1-13-5-3-7-15(9-13)10-21-17(26)16-11-22-19-25(18(16)27)23-20(28-19)24-8-4-6-14(2)12-24/h3,5,7,9,11,14H,4,6,8,10,12H2,1-2H3,(H,21,26)/t14-/m1/s1. The third kappa shape index (κ3) is 3.77. The lowest BCUT2D eigenvalue weighted by Gasteiger charge is -2.30. The Morgan fingerprint density at radius 1 is 1.39 bits per heavy atom. The van der Waals surface area contributed by atoms with E-state index >= 15 is 0 Å². The van der Waals surface area contributed by atoms with E-state index in [0.29, 0.717) is 17.4 Å². The van der Waals surface area contributed by atoms with Gasteiger partial charge in [0.2, 0.25) is 10.1 Å². The number of amides is 1. The van der Waals surface area contributed by atoms with Crippen LogP contribution in [-0.4, -0.2) is 33.6 Å². The lowest BCUT2D eigenvalue weighted by Crippen LogP contribution is -2.34. The van der Waals surface area contributed by atoms with Gasteiger partial charge in [-0.3, -0.25) is 9.59 Å². The lowest BCUT2D eigenvalue weighted by molar-refractivity contribution is 0.0948. The fourth-order valence-electron chi connectivity index (χ4n) is 3.52. The molecule has 0 unspecified atom stereocenters. The number of carbonyl (C=O) groups excluding carboxylic acids is 1. The lowest BCUT2D eigenvalue weighted by atomic mass is 10.0. The molecule has 28 heavy (non-hydrogen) atoms. The Labute approximate surface area is 167 Å². The van der Waals surface area contributed by atoms with Crippen molar-refractivity contribution in [2.24, 2.45) is 5.92 Å². The summed E-state index contributed by atoms with van der Waals surface area (Å²) in [5.74, 6) is 0.169. The Balaban J connectivity index is 1.55. The molecule has 4 rings (SSSR count). The van der Waals surface area contributed by atoms with Gasteiger partial charge in [-0.2, -0.15) is 4.52 Å². The van der Waals surface area contributed by atoms with E-state index in [-0.39, 0.29) is 5.56 Å². The Kier molecular flexibility index (Phi) is 5.13. The first kappa shape index (κ1) is 18.6. The topological polar surface area (TPSA) is 79.6 Å². The minimum atomic E-state index is -0.436. The van der Waals surface area contributed by atoms with Crippen LogP contribution in [-0.2, 0) is 6.54 Å². The second kappa shape index (κ2) is 7.71. The van der Waals surface area contributed by atoms with Crippen molar-refractivity contribution < 1.29 is 4.79 Å². The SMILES string of the molecule is Cc1cccc(CNC(=O)c2cnc3sc(N4CCC[C@@H](C)C4)nn3c2=O)c1. The first-order valence-corrected chi connectivity index (χ1v) is 10.3. The molecule has 3 aromatic rings. The Morgan fingerprint density at radius 3 is 3.04 bits per heavy atom. The highest BCUT2D eigenvalue weighted by atomic mass is 32.1. The van der Waals surface area contributed by atoms with Gasteiger partial charge in [0.1, 0.15) is 5.56 Å². The number of anilines is 1. The number of nitrogens with zero attached hydrogens (tertiary/aromatic N) is 4. The third-order valence-electron chi connectivity index (χ3n) is 4.98. The van der Waals surface area contributed by atoms with Crippen LogP contribution in [0.15, 0.2) is 35.3 Å². The van der Waals surface area contributed by atoms with Gasteiger partial charge in [-0.15, -0.1) is 5.10 Å². The molecule has 0 bridgehead atoms. The van der Waals surface area contributed by atoms with E-state index in [4.69, 9.17) is 0 Å². The molecule has 0 saturated carbocycles. The van der Waals surface area contributed by atoms with Crippen LogP contribution in [0.2, 0.25) is 0 Å². The summed E-state index contributed by atoms with van der Waals surface area (Å²) < 4.78 is 1.25. The van der Waals surface area contributed by atoms with Crippen molar-refractivity contribution in [3.63, 3.8) is 0 Å². The smallest absolute Gasteiger partial charge is 0.288 e. The number of fused-ring (bicyclic) bond motifs is 1. The van der Waals surface area contributed by atoms with E-state index in [9.17, 15) is 9.59 Å². The van der Waals surface area contributed by atoms with Gasteiger partial charge in [-0.05, 0) is 31.2 Å². The van der Waals surface area contributed by atoms with Crippen LogP contribution in [0.25, 0.3) is 4.96 Å². The van der Waals surface area contributed by atoms with Crippen molar-refractivity contribution in [2.75, 3.05) is 18.0 Å². The molecule has 0 spiro atoms. The number of rotatable bonds is 4. The maximum Gasteiger partial charge on any atom is 0.288 e. The average molecular weight is 398 g/mol. The first-order chi connectivity index (χ1) is 13.5. The van der Waals surface area contributed by atoms with E-state index in [1.807, 2.05) is 31.2 Å². The molecule has 8 heteroatoms.